The van der Waals surface area contributed by atoms with Crippen LogP contribution in [0.2, 0.25) is 0 Å². The van der Waals surface area contributed by atoms with Crippen molar-refractivity contribution >= 4 is 11.9 Å². The third-order valence-electron chi connectivity index (χ3n) is 3.62. The number of β-amino-alcohol motifs (C(OH)–C–C–N with tert-alkyl or cyclic N) is 1. The molecule has 0 saturated carbocycles. The summed E-state index contributed by atoms with van der Waals surface area (Å²) in [4.78, 5) is 24.6. The molecule has 2 aliphatic rings. The minimum atomic E-state index is -1.07. The molecule has 7 heteroatoms. The van der Waals surface area contributed by atoms with Gasteiger partial charge in [0.1, 0.15) is 6.04 Å². The number of hydrogen-bond donors (Lipinski definition) is 3. The standard InChI is InChI=1S/C11H18N2O5/c1-12-8-5-18-4-7(8)10(15)13-3-6(14)2-9(13)11(16)17/h6-9,12,14H,2-5H2,1H3,(H,16,17)/t6?,7?,8?,9-/m0/s1. The lowest BCUT2D eigenvalue weighted by Crippen LogP contribution is -2.48. The minimum absolute atomic E-state index is 0.0860. The van der Waals surface area contributed by atoms with Gasteiger partial charge in [-0.05, 0) is 7.05 Å². The van der Waals surface area contributed by atoms with Crippen molar-refractivity contribution in [3.8, 4) is 0 Å². The first-order chi connectivity index (χ1) is 8.54. The maximum atomic E-state index is 12.3. The fraction of sp³-hybridized carbons (Fsp3) is 0.818. The summed E-state index contributed by atoms with van der Waals surface area (Å²) in [6.45, 7) is 0.826. The molecule has 2 rings (SSSR count). The van der Waals surface area contributed by atoms with Crippen LogP contribution in [0.5, 0.6) is 0 Å². The van der Waals surface area contributed by atoms with Crippen LogP contribution >= 0.6 is 0 Å². The lowest BCUT2D eigenvalue weighted by atomic mass is 10.0. The van der Waals surface area contributed by atoms with Crippen LogP contribution in [0, 0.1) is 5.92 Å². The minimum Gasteiger partial charge on any atom is -0.480 e. The van der Waals surface area contributed by atoms with Gasteiger partial charge >= 0.3 is 5.97 Å². The third-order valence-corrected chi connectivity index (χ3v) is 3.62. The van der Waals surface area contributed by atoms with E-state index in [0.717, 1.165) is 0 Å². The second-order valence-electron chi connectivity index (χ2n) is 4.77. The number of carbonyl (C=O) groups excluding carboxylic acids is 1. The topological polar surface area (TPSA) is 99.1 Å². The molecule has 0 bridgehead atoms. The first kappa shape index (κ1) is 13.3. The first-order valence-electron chi connectivity index (χ1n) is 6.01. The van der Waals surface area contributed by atoms with Crippen LogP contribution in [0.3, 0.4) is 0 Å². The Balaban J connectivity index is 2.10. The van der Waals surface area contributed by atoms with Gasteiger partial charge in [-0.25, -0.2) is 4.79 Å². The Kier molecular flexibility index (Phi) is 3.84. The number of likely N-dealkylation sites (N-methyl/N-ethyl adjacent to an activating group) is 1. The number of aliphatic hydroxyl groups excluding tert-OH is 1. The summed E-state index contributed by atoms with van der Waals surface area (Å²) < 4.78 is 5.24. The summed E-state index contributed by atoms with van der Waals surface area (Å²) >= 11 is 0. The molecule has 2 saturated heterocycles. The Morgan fingerprint density at radius 3 is 2.72 bits per heavy atom. The number of likely N-dealkylation sites (tertiary alicyclic amines) is 1. The number of carbonyl (C=O) groups is 2. The van der Waals surface area contributed by atoms with Gasteiger partial charge in [0.2, 0.25) is 5.91 Å². The van der Waals surface area contributed by atoms with Gasteiger partial charge in [-0.3, -0.25) is 4.79 Å². The van der Waals surface area contributed by atoms with Gasteiger partial charge in [-0.2, -0.15) is 0 Å². The maximum Gasteiger partial charge on any atom is 0.326 e. The van der Waals surface area contributed by atoms with Crippen molar-refractivity contribution in [3.05, 3.63) is 0 Å². The van der Waals surface area contributed by atoms with Crippen molar-refractivity contribution in [1.29, 1.82) is 0 Å². The van der Waals surface area contributed by atoms with Crippen molar-refractivity contribution in [2.24, 2.45) is 5.92 Å². The molecule has 3 unspecified atom stereocenters. The van der Waals surface area contributed by atoms with Crippen molar-refractivity contribution < 1.29 is 24.5 Å². The molecule has 2 aliphatic heterocycles. The highest BCUT2D eigenvalue weighted by Crippen LogP contribution is 2.24. The van der Waals surface area contributed by atoms with Gasteiger partial charge in [0, 0.05) is 19.0 Å². The van der Waals surface area contributed by atoms with Crippen LogP contribution in [0.15, 0.2) is 0 Å². The maximum absolute atomic E-state index is 12.3. The van der Waals surface area contributed by atoms with Gasteiger partial charge < -0.3 is 25.2 Å². The first-order valence-corrected chi connectivity index (χ1v) is 6.01. The van der Waals surface area contributed by atoms with E-state index in [-0.39, 0.29) is 30.8 Å². The number of aliphatic hydroxyl groups is 1. The highest BCUT2D eigenvalue weighted by Gasteiger charge is 2.44. The van der Waals surface area contributed by atoms with E-state index in [2.05, 4.69) is 5.32 Å². The van der Waals surface area contributed by atoms with Crippen molar-refractivity contribution in [1.82, 2.24) is 10.2 Å². The Morgan fingerprint density at radius 2 is 2.11 bits per heavy atom. The van der Waals surface area contributed by atoms with E-state index in [9.17, 15) is 14.7 Å². The fourth-order valence-corrected chi connectivity index (χ4v) is 2.59. The number of nitrogens with zero attached hydrogens (tertiary/aromatic N) is 1. The van der Waals surface area contributed by atoms with E-state index in [4.69, 9.17) is 9.84 Å². The number of amides is 1. The van der Waals surface area contributed by atoms with Gasteiger partial charge in [0.25, 0.3) is 0 Å². The van der Waals surface area contributed by atoms with Crippen LogP contribution in [-0.2, 0) is 14.3 Å². The van der Waals surface area contributed by atoms with Crippen molar-refractivity contribution in [2.45, 2.75) is 24.6 Å². The van der Waals surface area contributed by atoms with Crippen molar-refractivity contribution in [3.63, 3.8) is 0 Å². The molecule has 0 spiro atoms. The predicted molar refractivity (Wildman–Crippen MR) is 60.9 cm³/mol. The molecule has 2 heterocycles. The third kappa shape index (κ3) is 2.33. The van der Waals surface area contributed by atoms with Crippen LogP contribution in [0.1, 0.15) is 6.42 Å². The van der Waals surface area contributed by atoms with Crippen LogP contribution < -0.4 is 5.32 Å². The van der Waals surface area contributed by atoms with E-state index >= 15 is 0 Å². The van der Waals surface area contributed by atoms with Crippen LogP contribution in [0.25, 0.3) is 0 Å². The number of hydrogen-bond acceptors (Lipinski definition) is 5. The number of nitrogens with one attached hydrogen (secondary N) is 1. The van der Waals surface area contributed by atoms with E-state index in [1.54, 1.807) is 7.05 Å². The molecule has 7 nitrogen and oxygen atoms in total. The molecule has 3 N–H and O–H groups in total. The normalized spacial score (nSPS) is 36.0. The smallest absolute Gasteiger partial charge is 0.326 e. The molecule has 1 amide bonds. The molecular weight excluding hydrogens is 240 g/mol. The zero-order chi connectivity index (χ0) is 13.3. The SMILES string of the molecule is CNC1COCC1C(=O)N1CC(O)C[C@H]1C(=O)O. The van der Waals surface area contributed by atoms with E-state index in [1.165, 1.54) is 4.90 Å². The van der Waals surface area contributed by atoms with Gasteiger partial charge in [-0.15, -0.1) is 0 Å². The number of aliphatic carboxylic acids is 1. The van der Waals surface area contributed by atoms with E-state index < -0.39 is 18.1 Å². The van der Waals surface area contributed by atoms with E-state index in [1.807, 2.05) is 0 Å². The Hall–Kier alpha value is -1.18. The summed E-state index contributed by atoms with van der Waals surface area (Å²) in [6, 6.07) is -1.02. The van der Waals surface area contributed by atoms with Crippen LogP contribution in [0.4, 0.5) is 0 Å². The van der Waals surface area contributed by atoms with Crippen molar-refractivity contribution in [2.75, 3.05) is 26.8 Å². The Labute approximate surface area is 105 Å². The summed E-state index contributed by atoms with van der Waals surface area (Å²) in [6.07, 6.45) is -0.663. The average Bonchev–Trinajstić information content (AvgIpc) is 2.93. The molecule has 0 aromatic rings. The number of ether oxygens (including phenoxy) is 1. The highest BCUT2D eigenvalue weighted by molar-refractivity contribution is 5.86. The summed E-state index contributed by atoms with van der Waals surface area (Å²) in [5.74, 6) is -1.70. The molecule has 4 atom stereocenters. The van der Waals surface area contributed by atoms with Gasteiger partial charge in [0.05, 0.1) is 25.2 Å². The van der Waals surface area contributed by atoms with Crippen LogP contribution in [-0.4, -0.2) is 72.0 Å². The second kappa shape index (κ2) is 5.21. The number of carboxylic acid groups (broad SMARTS) is 1. The molecular formula is C11H18N2O5. The molecule has 0 aromatic carbocycles. The summed E-state index contributed by atoms with van der Waals surface area (Å²) in [5.41, 5.74) is 0. The molecule has 0 aromatic heterocycles. The molecule has 0 aliphatic carbocycles. The molecule has 18 heavy (non-hydrogen) atoms. The zero-order valence-corrected chi connectivity index (χ0v) is 10.2. The summed E-state index contributed by atoms with van der Waals surface area (Å²) in [7, 11) is 1.74. The Morgan fingerprint density at radius 1 is 1.39 bits per heavy atom. The van der Waals surface area contributed by atoms with E-state index in [0.29, 0.717) is 13.2 Å². The highest BCUT2D eigenvalue weighted by atomic mass is 16.5. The monoisotopic (exact) mass is 258 g/mol. The quantitative estimate of drug-likeness (QED) is 0.556. The van der Waals surface area contributed by atoms with Gasteiger partial charge in [-0.1, -0.05) is 0 Å². The average molecular weight is 258 g/mol. The largest absolute Gasteiger partial charge is 0.480 e. The second-order valence-corrected chi connectivity index (χ2v) is 4.77. The number of carboxylic acids is 1. The molecule has 102 valence electrons. The lowest BCUT2D eigenvalue weighted by Gasteiger charge is -2.26. The number of rotatable bonds is 3. The lowest BCUT2D eigenvalue weighted by molar-refractivity contribution is -0.150. The Bertz CT molecular complexity index is 348. The fourth-order valence-electron chi connectivity index (χ4n) is 2.59. The molecule has 0 radical (unpaired) electrons. The van der Waals surface area contributed by atoms with Gasteiger partial charge in [0.15, 0.2) is 0 Å². The zero-order valence-electron chi connectivity index (χ0n) is 10.2. The summed E-state index contributed by atoms with van der Waals surface area (Å²) in [5, 5.41) is 21.6. The predicted octanol–water partition coefficient (Wildman–Crippen LogP) is -1.73. The molecule has 2 fully saturated rings.